The Bertz CT molecular complexity index is 1060. The Kier molecular flexibility index (Phi) is 5.36. The van der Waals surface area contributed by atoms with Gasteiger partial charge < -0.3 is 5.32 Å². The van der Waals surface area contributed by atoms with Gasteiger partial charge in [-0.15, -0.1) is 11.3 Å². The maximum atomic E-state index is 12.8. The molecular weight excluding hydrogens is 436 g/mol. The standard InChI is InChI=1S/C18H17BrN2O3S2/c1-3-20-18(22)17-11-12-10-14(6-9-16(12)25-17)21(2)26(23,24)15-7-4-13(19)5-8-15/h4-11H,3H2,1-2H3,(H,20,22). The molecule has 0 atom stereocenters. The summed E-state index contributed by atoms with van der Waals surface area (Å²) >= 11 is 4.69. The second-order valence-corrected chi connectivity index (χ2v) is 9.59. The molecule has 0 radical (unpaired) electrons. The van der Waals surface area contributed by atoms with Crippen LogP contribution in [0.5, 0.6) is 0 Å². The van der Waals surface area contributed by atoms with Crippen molar-refractivity contribution in [2.45, 2.75) is 11.8 Å². The third kappa shape index (κ3) is 3.62. The average molecular weight is 453 g/mol. The quantitative estimate of drug-likeness (QED) is 0.629. The van der Waals surface area contributed by atoms with Crippen molar-refractivity contribution >= 4 is 59.0 Å². The van der Waals surface area contributed by atoms with Crippen LogP contribution in [0.4, 0.5) is 5.69 Å². The second kappa shape index (κ2) is 7.38. The van der Waals surface area contributed by atoms with Crippen molar-refractivity contribution in [3.8, 4) is 0 Å². The molecule has 1 amide bonds. The first-order valence-corrected chi connectivity index (χ1v) is 10.9. The smallest absolute Gasteiger partial charge is 0.264 e. The minimum atomic E-state index is -3.66. The lowest BCUT2D eigenvalue weighted by Gasteiger charge is -2.19. The minimum absolute atomic E-state index is 0.119. The van der Waals surface area contributed by atoms with E-state index in [0.717, 1.165) is 14.6 Å². The minimum Gasteiger partial charge on any atom is -0.352 e. The van der Waals surface area contributed by atoms with Crippen LogP contribution in [0.3, 0.4) is 0 Å². The van der Waals surface area contributed by atoms with E-state index in [9.17, 15) is 13.2 Å². The summed E-state index contributed by atoms with van der Waals surface area (Å²) in [6.45, 7) is 2.43. The summed E-state index contributed by atoms with van der Waals surface area (Å²) in [6.07, 6.45) is 0. The van der Waals surface area contributed by atoms with Crippen molar-refractivity contribution in [3.05, 3.63) is 57.9 Å². The molecule has 0 spiro atoms. The second-order valence-electron chi connectivity index (χ2n) is 5.62. The molecule has 5 nitrogen and oxygen atoms in total. The zero-order valence-electron chi connectivity index (χ0n) is 14.2. The summed E-state index contributed by atoms with van der Waals surface area (Å²) in [5.41, 5.74) is 0.542. The first-order chi connectivity index (χ1) is 12.3. The SMILES string of the molecule is CCNC(=O)c1cc2cc(N(C)S(=O)(=O)c3ccc(Br)cc3)ccc2s1. The lowest BCUT2D eigenvalue weighted by atomic mass is 10.2. The van der Waals surface area contributed by atoms with Gasteiger partial charge in [-0.2, -0.15) is 0 Å². The van der Waals surface area contributed by atoms with E-state index >= 15 is 0 Å². The van der Waals surface area contributed by atoms with Crippen LogP contribution in [0, 0.1) is 0 Å². The molecule has 0 saturated heterocycles. The normalized spacial score (nSPS) is 11.5. The molecule has 1 aromatic heterocycles. The molecule has 3 rings (SSSR count). The predicted octanol–water partition coefficient (Wildman–Crippen LogP) is 4.24. The number of fused-ring (bicyclic) bond motifs is 1. The van der Waals surface area contributed by atoms with E-state index in [-0.39, 0.29) is 10.8 Å². The van der Waals surface area contributed by atoms with Gasteiger partial charge in [-0.3, -0.25) is 9.10 Å². The van der Waals surface area contributed by atoms with E-state index in [1.165, 1.54) is 22.7 Å². The van der Waals surface area contributed by atoms with E-state index < -0.39 is 10.0 Å². The predicted molar refractivity (Wildman–Crippen MR) is 110 cm³/mol. The molecule has 136 valence electrons. The molecule has 3 aromatic rings. The van der Waals surface area contributed by atoms with Crippen LogP contribution in [-0.4, -0.2) is 27.9 Å². The van der Waals surface area contributed by atoms with Crippen LogP contribution in [0.2, 0.25) is 0 Å². The maximum Gasteiger partial charge on any atom is 0.264 e. The van der Waals surface area contributed by atoms with Gasteiger partial charge in [0.15, 0.2) is 0 Å². The molecular formula is C18H17BrN2O3S2. The zero-order valence-corrected chi connectivity index (χ0v) is 17.4. The Morgan fingerprint density at radius 1 is 1.15 bits per heavy atom. The highest BCUT2D eigenvalue weighted by Crippen LogP contribution is 2.31. The highest BCUT2D eigenvalue weighted by Gasteiger charge is 2.21. The van der Waals surface area contributed by atoms with E-state index in [4.69, 9.17) is 0 Å². The third-order valence-corrected chi connectivity index (χ3v) is 7.34. The number of rotatable bonds is 5. The maximum absolute atomic E-state index is 12.8. The molecule has 8 heteroatoms. The Morgan fingerprint density at radius 2 is 1.85 bits per heavy atom. The van der Waals surface area contributed by atoms with Gasteiger partial charge in [-0.25, -0.2) is 8.42 Å². The van der Waals surface area contributed by atoms with Crippen molar-refractivity contribution in [2.24, 2.45) is 0 Å². The summed E-state index contributed by atoms with van der Waals surface area (Å²) < 4.78 is 28.7. The van der Waals surface area contributed by atoms with Crippen LogP contribution in [0.15, 0.2) is 57.9 Å². The van der Waals surface area contributed by atoms with Crippen molar-refractivity contribution in [1.29, 1.82) is 0 Å². The van der Waals surface area contributed by atoms with Gasteiger partial charge in [0, 0.05) is 22.8 Å². The van der Waals surface area contributed by atoms with Gasteiger partial charge >= 0.3 is 0 Å². The number of benzene rings is 2. The van der Waals surface area contributed by atoms with Crippen LogP contribution in [0.1, 0.15) is 16.6 Å². The number of carbonyl (C=O) groups excluding carboxylic acids is 1. The molecule has 0 aliphatic carbocycles. The zero-order chi connectivity index (χ0) is 18.9. The highest BCUT2D eigenvalue weighted by atomic mass is 79.9. The third-order valence-electron chi connectivity index (χ3n) is 3.90. The van der Waals surface area contributed by atoms with Crippen LogP contribution in [-0.2, 0) is 10.0 Å². The Hall–Kier alpha value is -1.90. The fraction of sp³-hybridized carbons (Fsp3) is 0.167. The van der Waals surface area contributed by atoms with Gasteiger partial charge in [0.2, 0.25) is 0 Å². The molecule has 2 aromatic carbocycles. The highest BCUT2D eigenvalue weighted by molar-refractivity contribution is 9.10. The fourth-order valence-corrected chi connectivity index (χ4v) is 4.90. The summed E-state index contributed by atoms with van der Waals surface area (Å²) in [5, 5.41) is 3.61. The fourth-order valence-electron chi connectivity index (χ4n) is 2.49. The van der Waals surface area contributed by atoms with Crippen LogP contribution < -0.4 is 9.62 Å². The van der Waals surface area contributed by atoms with E-state index in [0.29, 0.717) is 17.1 Å². The first kappa shape index (κ1) is 18.9. The molecule has 0 aliphatic rings. The van der Waals surface area contributed by atoms with E-state index in [1.54, 1.807) is 42.5 Å². The first-order valence-electron chi connectivity index (χ1n) is 7.89. The van der Waals surface area contributed by atoms with Crippen molar-refractivity contribution in [1.82, 2.24) is 5.32 Å². The monoisotopic (exact) mass is 452 g/mol. The Morgan fingerprint density at radius 3 is 2.50 bits per heavy atom. The van der Waals surface area contributed by atoms with Gasteiger partial charge in [0.1, 0.15) is 0 Å². The number of nitrogens with one attached hydrogen (secondary N) is 1. The number of thiophene rings is 1. The van der Waals surface area contributed by atoms with Gasteiger partial charge in [0.25, 0.3) is 15.9 Å². The molecule has 1 heterocycles. The average Bonchev–Trinajstić information content (AvgIpc) is 3.05. The Balaban J connectivity index is 1.96. The van der Waals surface area contributed by atoms with Crippen molar-refractivity contribution in [3.63, 3.8) is 0 Å². The Labute approximate surface area is 164 Å². The van der Waals surface area contributed by atoms with E-state index in [2.05, 4.69) is 21.2 Å². The van der Waals surface area contributed by atoms with Crippen LogP contribution >= 0.6 is 27.3 Å². The van der Waals surface area contributed by atoms with Gasteiger partial charge in [0.05, 0.1) is 15.5 Å². The largest absolute Gasteiger partial charge is 0.352 e. The lowest BCUT2D eigenvalue weighted by molar-refractivity contribution is 0.0960. The summed E-state index contributed by atoms with van der Waals surface area (Å²) in [7, 11) is -2.14. The number of halogens is 1. The van der Waals surface area contributed by atoms with Crippen molar-refractivity contribution in [2.75, 3.05) is 17.9 Å². The molecule has 1 N–H and O–H groups in total. The number of sulfonamides is 1. The van der Waals surface area contributed by atoms with Crippen LogP contribution in [0.25, 0.3) is 10.1 Å². The number of nitrogens with zero attached hydrogens (tertiary/aromatic N) is 1. The summed E-state index contributed by atoms with van der Waals surface area (Å²) in [5.74, 6) is -0.119. The molecule has 0 bridgehead atoms. The number of hydrogen-bond acceptors (Lipinski definition) is 4. The number of anilines is 1. The summed E-state index contributed by atoms with van der Waals surface area (Å²) in [6, 6.07) is 13.7. The van der Waals surface area contributed by atoms with Crippen molar-refractivity contribution < 1.29 is 13.2 Å². The van der Waals surface area contributed by atoms with Gasteiger partial charge in [-0.1, -0.05) is 15.9 Å². The number of carbonyl (C=O) groups is 1. The van der Waals surface area contributed by atoms with Gasteiger partial charge in [-0.05, 0) is 60.8 Å². The molecule has 0 saturated carbocycles. The molecule has 0 unspecified atom stereocenters. The summed E-state index contributed by atoms with van der Waals surface area (Å²) in [4.78, 5) is 12.8. The molecule has 0 aliphatic heterocycles. The topological polar surface area (TPSA) is 66.5 Å². The molecule has 26 heavy (non-hydrogen) atoms. The lowest BCUT2D eigenvalue weighted by Crippen LogP contribution is -2.26. The van der Waals surface area contributed by atoms with E-state index in [1.807, 2.05) is 13.0 Å². The number of hydrogen-bond donors (Lipinski definition) is 1. The molecule has 0 fully saturated rings. The number of amides is 1.